The van der Waals surface area contributed by atoms with Gasteiger partial charge in [-0.05, 0) is 30.4 Å². The van der Waals surface area contributed by atoms with Gasteiger partial charge in [-0.1, -0.05) is 44.2 Å². The Balaban J connectivity index is 2.18. The number of carbonyl (C=O) groups excluding carboxylic acids is 1. The van der Waals surface area contributed by atoms with Crippen LogP contribution in [0.4, 0.5) is 0 Å². The van der Waals surface area contributed by atoms with Crippen LogP contribution in [0.5, 0.6) is 0 Å². The molecule has 0 amide bonds. The second-order valence-electron chi connectivity index (χ2n) is 5.29. The molecule has 1 aromatic carbocycles. The number of thioether (sulfide) groups is 1. The molecule has 1 aromatic rings. The van der Waals surface area contributed by atoms with Crippen LogP contribution in [0, 0.1) is 5.92 Å². The van der Waals surface area contributed by atoms with E-state index in [1.807, 2.05) is 49.0 Å². The number of esters is 1. The fraction of sp³-hybridized carbons (Fsp3) is 0.588. The molecule has 0 aliphatic carbocycles. The van der Waals surface area contributed by atoms with Crippen molar-refractivity contribution in [2.24, 2.45) is 5.92 Å². The summed E-state index contributed by atoms with van der Waals surface area (Å²) in [7, 11) is 0. The summed E-state index contributed by atoms with van der Waals surface area (Å²) >= 11 is 1.95. The molecule has 0 fully saturated rings. The van der Waals surface area contributed by atoms with E-state index in [0.717, 1.165) is 23.5 Å². The van der Waals surface area contributed by atoms with Gasteiger partial charge in [0.05, 0.1) is 5.92 Å². The van der Waals surface area contributed by atoms with E-state index in [1.54, 1.807) is 0 Å². The van der Waals surface area contributed by atoms with Crippen LogP contribution in [0.2, 0.25) is 0 Å². The largest absolute Gasteiger partial charge is 0.461 e. The van der Waals surface area contributed by atoms with E-state index in [-0.39, 0.29) is 11.9 Å². The van der Waals surface area contributed by atoms with Gasteiger partial charge in [-0.2, -0.15) is 11.8 Å². The topological polar surface area (TPSA) is 38.3 Å². The van der Waals surface area contributed by atoms with Crippen LogP contribution in [0.1, 0.15) is 32.8 Å². The Hall–Kier alpha value is -1.00. The van der Waals surface area contributed by atoms with Crippen molar-refractivity contribution in [1.82, 2.24) is 5.32 Å². The Bertz CT molecular complexity index is 397. The van der Waals surface area contributed by atoms with Crippen molar-refractivity contribution >= 4 is 17.7 Å². The minimum atomic E-state index is -0.138. The monoisotopic (exact) mass is 309 g/mol. The molecule has 3 nitrogen and oxygen atoms in total. The Morgan fingerprint density at radius 3 is 2.67 bits per heavy atom. The van der Waals surface area contributed by atoms with Gasteiger partial charge in [-0.3, -0.25) is 4.79 Å². The maximum absolute atomic E-state index is 11.9. The molecule has 2 atom stereocenters. The lowest BCUT2D eigenvalue weighted by Crippen LogP contribution is -2.34. The minimum absolute atomic E-state index is 0.116. The summed E-state index contributed by atoms with van der Waals surface area (Å²) in [6.45, 7) is 7.28. The number of carbonyl (C=O) groups is 1. The van der Waals surface area contributed by atoms with E-state index in [4.69, 9.17) is 4.74 Å². The van der Waals surface area contributed by atoms with Gasteiger partial charge < -0.3 is 10.1 Å². The molecule has 0 heterocycles. The highest BCUT2D eigenvalue weighted by molar-refractivity contribution is 7.99. The molecular formula is C17H27NO2S. The minimum Gasteiger partial charge on any atom is -0.461 e. The van der Waals surface area contributed by atoms with E-state index < -0.39 is 0 Å². The molecular weight excluding hydrogens is 282 g/mol. The summed E-state index contributed by atoms with van der Waals surface area (Å²) in [5.74, 6) is 2.07. The third-order valence-corrected chi connectivity index (χ3v) is 4.23. The molecule has 0 saturated heterocycles. The van der Waals surface area contributed by atoms with E-state index in [1.165, 1.54) is 0 Å². The zero-order chi connectivity index (χ0) is 15.5. The molecule has 2 unspecified atom stereocenters. The number of hydrogen-bond acceptors (Lipinski definition) is 4. The highest BCUT2D eigenvalue weighted by Crippen LogP contribution is 2.06. The van der Waals surface area contributed by atoms with Gasteiger partial charge in [-0.15, -0.1) is 0 Å². The maximum Gasteiger partial charge on any atom is 0.310 e. The molecule has 0 aliphatic rings. The van der Waals surface area contributed by atoms with Crippen molar-refractivity contribution in [2.75, 3.05) is 18.1 Å². The summed E-state index contributed by atoms with van der Waals surface area (Å²) in [5.41, 5.74) is 1.02. The van der Waals surface area contributed by atoms with E-state index in [2.05, 4.69) is 19.2 Å². The quantitative estimate of drug-likeness (QED) is 0.530. The third-order valence-electron chi connectivity index (χ3n) is 3.30. The highest BCUT2D eigenvalue weighted by atomic mass is 32.2. The van der Waals surface area contributed by atoms with Crippen molar-refractivity contribution in [3.05, 3.63) is 35.9 Å². The fourth-order valence-corrected chi connectivity index (χ4v) is 2.65. The van der Waals surface area contributed by atoms with Crippen molar-refractivity contribution in [3.63, 3.8) is 0 Å². The number of benzene rings is 1. The zero-order valence-corrected chi connectivity index (χ0v) is 14.1. The molecule has 4 heteroatoms. The molecule has 0 radical (unpaired) electrons. The molecule has 0 spiro atoms. The van der Waals surface area contributed by atoms with Crippen molar-refractivity contribution in [1.29, 1.82) is 0 Å². The fourth-order valence-electron chi connectivity index (χ4n) is 1.84. The van der Waals surface area contributed by atoms with Crippen molar-refractivity contribution in [3.8, 4) is 0 Å². The van der Waals surface area contributed by atoms with Gasteiger partial charge in [0.1, 0.15) is 6.61 Å². The van der Waals surface area contributed by atoms with Crippen LogP contribution in [0.15, 0.2) is 30.3 Å². The molecule has 1 N–H and O–H groups in total. The Morgan fingerprint density at radius 1 is 1.29 bits per heavy atom. The van der Waals surface area contributed by atoms with E-state index in [0.29, 0.717) is 19.2 Å². The first-order valence-electron chi connectivity index (χ1n) is 7.65. The van der Waals surface area contributed by atoms with Crippen LogP contribution in [0.25, 0.3) is 0 Å². The van der Waals surface area contributed by atoms with Crippen LogP contribution in [-0.2, 0) is 16.1 Å². The first-order valence-corrected chi connectivity index (χ1v) is 8.80. The summed E-state index contributed by atoms with van der Waals surface area (Å²) in [5, 5.41) is 3.41. The Kier molecular flexibility index (Phi) is 9.19. The Morgan fingerprint density at radius 2 is 2.00 bits per heavy atom. The third kappa shape index (κ3) is 8.12. The summed E-state index contributed by atoms with van der Waals surface area (Å²) < 4.78 is 5.34. The van der Waals surface area contributed by atoms with Crippen LogP contribution < -0.4 is 5.32 Å². The number of hydrogen-bond donors (Lipinski definition) is 1. The predicted molar refractivity (Wildman–Crippen MR) is 90.5 cm³/mol. The zero-order valence-electron chi connectivity index (χ0n) is 13.3. The maximum atomic E-state index is 11.9. The summed E-state index contributed by atoms with van der Waals surface area (Å²) in [6, 6.07) is 10.2. The van der Waals surface area contributed by atoms with Gasteiger partial charge in [0.15, 0.2) is 0 Å². The Labute approximate surface area is 132 Å². The van der Waals surface area contributed by atoms with Gasteiger partial charge in [0, 0.05) is 12.6 Å². The van der Waals surface area contributed by atoms with Gasteiger partial charge in [0.25, 0.3) is 0 Å². The van der Waals surface area contributed by atoms with Crippen LogP contribution in [0.3, 0.4) is 0 Å². The lowest BCUT2D eigenvalue weighted by atomic mass is 10.1. The first-order chi connectivity index (χ1) is 10.1. The lowest BCUT2D eigenvalue weighted by Gasteiger charge is -2.17. The SMILES string of the molecule is CCSCCC(C)NCC(C)C(=O)OCc1ccccc1. The number of ether oxygens (including phenoxy) is 1. The highest BCUT2D eigenvalue weighted by Gasteiger charge is 2.15. The normalized spacial score (nSPS) is 13.7. The average Bonchev–Trinajstić information content (AvgIpc) is 2.51. The average molecular weight is 309 g/mol. The smallest absolute Gasteiger partial charge is 0.310 e. The van der Waals surface area contributed by atoms with Crippen LogP contribution in [-0.4, -0.2) is 30.1 Å². The lowest BCUT2D eigenvalue weighted by molar-refractivity contribution is -0.149. The molecule has 21 heavy (non-hydrogen) atoms. The predicted octanol–water partition coefficient (Wildman–Crippen LogP) is 3.49. The second-order valence-corrected chi connectivity index (χ2v) is 6.68. The van der Waals surface area contributed by atoms with Crippen LogP contribution >= 0.6 is 11.8 Å². The van der Waals surface area contributed by atoms with E-state index >= 15 is 0 Å². The molecule has 0 bridgehead atoms. The molecule has 0 saturated carbocycles. The van der Waals surface area contributed by atoms with Crippen molar-refractivity contribution < 1.29 is 9.53 Å². The molecule has 0 aliphatic heterocycles. The molecule has 1 rings (SSSR count). The van der Waals surface area contributed by atoms with E-state index in [9.17, 15) is 4.79 Å². The number of nitrogens with one attached hydrogen (secondary N) is 1. The van der Waals surface area contributed by atoms with Crippen molar-refractivity contribution in [2.45, 2.75) is 39.8 Å². The standard InChI is InChI=1S/C17H27NO2S/c1-4-21-11-10-15(3)18-12-14(2)17(19)20-13-16-8-6-5-7-9-16/h5-9,14-15,18H,4,10-13H2,1-3H3. The van der Waals surface area contributed by atoms with Gasteiger partial charge >= 0.3 is 5.97 Å². The molecule has 118 valence electrons. The first kappa shape index (κ1) is 18.1. The molecule has 0 aromatic heterocycles. The summed E-state index contributed by atoms with van der Waals surface area (Å²) in [4.78, 5) is 11.9. The van der Waals surface area contributed by atoms with Gasteiger partial charge in [-0.25, -0.2) is 0 Å². The van der Waals surface area contributed by atoms with Gasteiger partial charge in [0.2, 0.25) is 0 Å². The number of rotatable bonds is 10. The summed E-state index contributed by atoms with van der Waals surface area (Å²) in [6.07, 6.45) is 1.13. The second kappa shape index (κ2) is 10.7.